The maximum Gasteiger partial charge on any atom is 0.310 e. The van der Waals surface area contributed by atoms with Crippen LogP contribution < -0.4 is 5.11 Å². The number of carboxylic acid groups (broad SMARTS) is 1. The lowest BCUT2D eigenvalue weighted by atomic mass is 10.0. The van der Waals surface area contributed by atoms with Crippen molar-refractivity contribution in [1.82, 2.24) is 0 Å². The molecule has 0 N–H and O–H groups in total. The molecule has 53 heavy (non-hydrogen) atoms. The van der Waals surface area contributed by atoms with Crippen LogP contribution in [0.2, 0.25) is 0 Å². The van der Waals surface area contributed by atoms with Crippen LogP contribution in [0.4, 0.5) is 0 Å². The number of allylic oxidation sites excluding steroid dienone is 9. The molecule has 8 nitrogen and oxygen atoms in total. The van der Waals surface area contributed by atoms with Gasteiger partial charge in [0.25, 0.3) is 0 Å². The summed E-state index contributed by atoms with van der Waals surface area (Å²) in [6.07, 6.45) is 42.7. The Hall–Kier alpha value is -2.97. The fourth-order valence-electron chi connectivity index (χ4n) is 5.73. The Morgan fingerprint density at radius 3 is 1.49 bits per heavy atom. The average molecular weight is 744 g/mol. The Kier molecular flexibility index (Phi) is 34.0. The molecule has 0 heterocycles. The number of aliphatic carboxylic acids is 1. The lowest BCUT2D eigenvalue weighted by Gasteiger charge is -2.34. The number of carbonyl (C=O) groups is 3. The summed E-state index contributed by atoms with van der Waals surface area (Å²) < 4.78 is 17.0. The first-order valence-corrected chi connectivity index (χ1v) is 20.8. The minimum absolute atomic E-state index is 0.000451. The van der Waals surface area contributed by atoms with Gasteiger partial charge in [-0.15, -0.1) is 0 Å². The normalized spacial score (nSPS) is 13.6. The number of carbonyl (C=O) groups excluding carboxylic acids is 3. The van der Waals surface area contributed by atoms with Crippen molar-refractivity contribution in [3.8, 4) is 0 Å². The highest BCUT2D eigenvalue weighted by molar-refractivity contribution is 5.71. The maximum absolute atomic E-state index is 12.6. The molecule has 0 aliphatic rings. The van der Waals surface area contributed by atoms with E-state index in [9.17, 15) is 19.5 Å². The molecule has 0 aromatic heterocycles. The van der Waals surface area contributed by atoms with Crippen LogP contribution in [-0.4, -0.2) is 75.5 Å². The molecule has 304 valence electrons. The molecule has 0 rings (SSSR count). The molecule has 0 bridgehead atoms. The summed E-state index contributed by atoms with van der Waals surface area (Å²) in [7, 11) is 5.37. The van der Waals surface area contributed by atoms with Crippen molar-refractivity contribution in [3.63, 3.8) is 0 Å². The number of carboxylic acids is 1. The van der Waals surface area contributed by atoms with Gasteiger partial charge in [-0.05, 0) is 38.5 Å². The first kappa shape index (κ1) is 50.0. The summed E-state index contributed by atoms with van der Waals surface area (Å²) in [4.78, 5) is 36.7. The van der Waals surface area contributed by atoms with Gasteiger partial charge >= 0.3 is 11.9 Å². The molecule has 0 aliphatic carbocycles. The number of hydrogen-bond acceptors (Lipinski definition) is 7. The van der Waals surface area contributed by atoms with E-state index in [0.29, 0.717) is 12.8 Å². The number of quaternary nitrogens is 1. The number of unbranched alkanes of at least 4 members (excludes halogenated alkanes) is 13. The van der Waals surface area contributed by atoms with Crippen LogP contribution in [0.3, 0.4) is 0 Å². The Labute approximate surface area is 324 Å². The number of hydrogen-bond donors (Lipinski definition) is 0. The summed E-state index contributed by atoms with van der Waals surface area (Å²) in [6.45, 7) is 4.43. The highest BCUT2D eigenvalue weighted by atomic mass is 16.6. The van der Waals surface area contributed by atoms with Gasteiger partial charge in [0.1, 0.15) is 12.6 Å². The second-order valence-electron chi connectivity index (χ2n) is 14.9. The molecule has 0 radical (unpaired) electrons. The number of esters is 2. The lowest BCUT2D eigenvalue weighted by Crippen LogP contribution is -2.55. The van der Waals surface area contributed by atoms with Gasteiger partial charge in [0.05, 0.1) is 46.7 Å². The summed E-state index contributed by atoms with van der Waals surface area (Å²) in [5, 5.41) is 11.6. The second kappa shape index (κ2) is 36.0. The van der Waals surface area contributed by atoms with Gasteiger partial charge in [0, 0.05) is 12.8 Å². The standard InChI is InChI=1S/C45H77NO7/c1-6-8-10-12-14-16-18-20-22-24-26-28-30-32-34-36-44(48)53-41(39-51-38-37-42(45(49)50)46(3,4)5)40-52-43(47)35-33-31-29-27-25-23-21-19-17-15-13-11-9-7-2/h8,10,14,16,20,22,26,28,32,34,41-42H,6-7,9,11-13,15,17-19,21,23-25,27,29-31,33,35-40H2,1-5H3/b10-8-,16-14-,22-20-,28-26-,34-32-. The molecule has 0 aromatic rings. The van der Waals surface area contributed by atoms with Crippen molar-refractivity contribution in [2.24, 2.45) is 0 Å². The third-order valence-corrected chi connectivity index (χ3v) is 8.95. The van der Waals surface area contributed by atoms with Gasteiger partial charge < -0.3 is 28.6 Å². The summed E-state index contributed by atoms with van der Waals surface area (Å²) in [5.74, 6) is -1.90. The van der Waals surface area contributed by atoms with E-state index in [2.05, 4.69) is 62.5 Å². The molecule has 0 saturated carbocycles. The summed E-state index contributed by atoms with van der Waals surface area (Å²) >= 11 is 0. The van der Waals surface area contributed by atoms with E-state index in [1.165, 1.54) is 70.6 Å². The van der Waals surface area contributed by atoms with Crippen LogP contribution in [-0.2, 0) is 28.6 Å². The monoisotopic (exact) mass is 744 g/mol. The van der Waals surface area contributed by atoms with E-state index in [0.717, 1.165) is 44.9 Å². The lowest BCUT2D eigenvalue weighted by molar-refractivity contribution is -0.889. The highest BCUT2D eigenvalue weighted by Crippen LogP contribution is 2.14. The highest BCUT2D eigenvalue weighted by Gasteiger charge is 2.25. The van der Waals surface area contributed by atoms with Crippen LogP contribution in [0.5, 0.6) is 0 Å². The molecule has 8 heteroatoms. The maximum atomic E-state index is 12.6. The first-order valence-electron chi connectivity index (χ1n) is 20.8. The van der Waals surface area contributed by atoms with E-state index in [4.69, 9.17) is 14.2 Å². The van der Waals surface area contributed by atoms with Crippen LogP contribution in [0.25, 0.3) is 0 Å². The zero-order chi connectivity index (χ0) is 39.3. The molecule has 0 spiro atoms. The van der Waals surface area contributed by atoms with E-state index in [1.54, 1.807) is 27.2 Å². The van der Waals surface area contributed by atoms with Crippen LogP contribution in [0, 0.1) is 0 Å². The zero-order valence-corrected chi connectivity index (χ0v) is 34.4. The molecular formula is C45H77NO7. The van der Waals surface area contributed by atoms with Crippen LogP contribution in [0.1, 0.15) is 155 Å². The molecule has 0 amide bonds. The van der Waals surface area contributed by atoms with Gasteiger partial charge in [-0.3, -0.25) is 9.59 Å². The van der Waals surface area contributed by atoms with Crippen molar-refractivity contribution in [2.75, 3.05) is 41.0 Å². The molecule has 0 fully saturated rings. The van der Waals surface area contributed by atoms with Crippen molar-refractivity contribution in [3.05, 3.63) is 60.8 Å². The minimum atomic E-state index is -1.14. The van der Waals surface area contributed by atoms with Crippen molar-refractivity contribution in [1.29, 1.82) is 0 Å². The van der Waals surface area contributed by atoms with Gasteiger partial charge in [0.15, 0.2) is 6.10 Å². The van der Waals surface area contributed by atoms with E-state index in [-0.39, 0.29) is 43.1 Å². The van der Waals surface area contributed by atoms with Crippen molar-refractivity contribution in [2.45, 2.75) is 167 Å². The van der Waals surface area contributed by atoms with Crippen molar-refractivity contribution >= 4 is 17.9 Å². The van der Waals surface area contributed by atoms with Gasteiger partial charge in [-0.1, -0.05) is 158 Å². The fraction of sp³-hybridized carbons (Fsp3) is 0.711. The van der Waals surface area contributed by atoms with Gasteiger partial charge in [0.2, 0.25) is 0 Å². The minimum Gasteiger partial charge on any atom is -0.544 e. The Balaban J connectivity index is 4.52. The molecule has 0 saturated heterocycles. The summed E-state index contributed by atoms with van der Waals surface area (Å²) in [5.41, 5.74) is 0. The van der Waals surface area contributed by atoms with Crippen LogP contribution >= 0.6 is 0 Å². The first-order chi connectivity index (χ1) is 25.6. The summed E-state index contributed by atoms with van der Waals surface area (Å²) in [6, 6.07) is -0.741. The van der Waals surface area contributed by atoms with E-state index < -0.39 is 24.1 Å². The molecule has 0 aliphatic heterocycles. The second-order valence-corrected chi connectivity index (χ2v) is 14.9. The van der Waals surface area contributed by atoms with Gasteiger partial charge in [-0.25, -0.2) is 0 Å². The predicted octanol–water partition coefficient (Wildman–Crippen LogP) is 9.69. The van der Waals surface area contributed by atoms with Crippen LogP contribution in [0.15, 0.2) is 60.8 Å². The largest absolute Gasteiger partial charge is 0.544 e. The Bertz CT molecular complexity index is 1050. The number of rotatable bonds is 36. The fourth-order valence-corrected chi connectivity index (χ4v) is 5.73. The average Bonchev–Trinajstić information content (AvgIpc) is 3.11. The number of likely N-dealkylation sites (N-methyl/N-ethyl adjacent to an activating group) is 1. The quantitative estimate of drug-likeness (QED) is 0.0273. The Morgan fingerprint density at radius 2 is 1.04 bits per heavy atom. The van der Waals surface area contributed by atoms with Crippen molar-refractivity contribution < 1.29 is 38.2 Å². The third-order valence-electron chi connectivity index (χ3n) is 8.95. The SMILES string of the molecule is CC/C=C\C/C=C\C/C=C\C/C=C\C/C=C\CC(=O)OC(COCCC(C(=O)[O-])[N+](C)(C)C)COC(=O)CCCCCCCCCCCCCCCC. The smallest absolute Gasteiger partial charge is 0.310 e. The predicted molar refractivity (Wildman–Crippen MR) is 217 cm³/mol. The molecular weight excluding hydrogens is 666 g/mol. The number of ether oxygens (including phenoxy) is 3. The van der Waals surface area contributed by atoms with E-state index in [1.807, 2.05) is 6.08 Å². The zero-order valence-electron chi connectivity index (χ0n) is 34.4. The van der Waals surface area contributed by atoms with Gasteiger partial charge in [-0.2, -0.15) is 0 Å². The molecule has 0 aromatic carbocycles. The van der Waals surface area contributed by atoms with E-state index >= 15 is 0 Å². The Morgan fingerprint density at radius 1 is 0.585 bits per heavy atom. The molecule has 2 atom stereocenters. The third kappa shape index (κ3) is 34.5. The topological polar surface area (TPSA) is 102 Å². The molecule has 2 unspecified atom stereocenters. The number of nitrogens with zero attached hydrogens (tertiary/aromatic N) is 1.